The number of aliphatic hydroxyl groups is 1. The SMILES string of the molecule is Cc1c(Br)cccc1NCC(C)O. The van der Waals surface area contributed by atoms with Crippen LogP contribution in [0.15, 0.2) is 22.7 Å². The van der Waals surface area contributed by atoms with Gasteiger partial charge in [-0.1, -0.05) is 22.0 Å². The first-order valence-electron chi connectivity index (χ1n) is 4.28. The summed E-state index contributed by atoms with van der Waals surface area (Å²) in [4.78, 5) is 0. The molecule has 0 bridgehead atoms. The fourth-order valence-corrected chi connectivity index (χ4v) is 1.42. The van der Waals surface area contributed by atoms with E-state index in [4.69, 9.17) is 5.11 Å². The van der Waals surface area contributed by atoms with E-state index in [0.29, 0.717) is 6.54 Å². The standard InChI is InChI=1S/C10H14BrNO/c1-7(13)6-12-10-5-3-4-9(11)8(10)2/h3-5,7,12-13H,6H2,1-2H3. The van der Waals surface area contributed by atoms with Crippen molar-refractivity contribution in [3.8, 4) is 0 Å². The summed E-state index contributed by atoms with van der Waals surface area (Å²) in [5, 5.41) is 12.3. The highest BCUT2D eigenvalue weighted by molar-refractivity contribution is 9.10. The molecule has 13 heavy (non-hydrogen) atoms. The minimum atomic E-state index is -0.321. The van der Waals surface area contributed by atoms with Crippen molar-refractivity contribution in [3.05, 3.63) is 28.2 Å². The zero-order valence-electron chi connectivity index (χ0n) is 7.84. The van der Waals surface area contributed by atoms with Crippen molar-refractivity contribution in [2.24, 2.45) is 0 Å². The summed E-state index contributed by atoms with van der Waals surface area (Å²) in [6.07, 6.45) is -0.321. The molecule has 0 saturated heterocycles. The second-order valence-corrected chi connectivity index (χ2v) is 4.00. The van der Waals surface area contributed by atoms with Crippen LogP contribution in [0.3, 0.4) is 0 Å². The summed E-state index contributed by atoms with van der Waals surface area (Å²) < 4.78 is 1.09. The maximum atomic E-state index is 9.10. The van der Waals surface area contributed by atoms with Crippen LogP contribution >= 0.6 is 15.9 Å². The Morgan fingerprint density at radius 1 is 1.54 bits per heavy atom. The van der Waals surface area contributed by atoms with Crippen molar-refractivity contribution in [2.45, 2.75) is 20.0 Å². The fourth-order valence-electron chi connectivity index (χ4n) is 1.06. The summed E-state index contributed by atoms with van der Waals surface area (Å²) >= 11 is 3.45. The monoisotopic (exact) mass is 243 g/mol. The Hall–Kier alpha value is -0.540. The summed E-state index contributed by atoms with van der Waals surface area (Å²) in [6, 6.07) is 5.98. The van der Waals surface area contributed by atoms with E-state index in [1.807, 2.05) is 25.1 Å². The van der Waals surface area contributed by atoms with Gasteiger partial charge in [0, 0.05) is 16.7 Å². The van der Waals surface area contributed by atoms with Crippen LogP contribution in [0.1, 0.15) is 12.5 Å². The van der Waals surface area contributed by atoms with Gasteiger partial charge in [-0.2, -0.15) is 0 Å². The maximum absolute atomic E-state index is 9.10. The quantitative estimate of drug-likeness (QED) is 0.856. The first-order valence-corrected chi connectivity index (χ1v) is 5.07. The average Bonchev–Trinajstić information content (AvgIpc) is 2.07. The third-order valence-corrected chi connectivity index (χ3v) is 2.71. The molecule has 3 heteroatoms. The molecule has 1 unspecified atom stereocenters. The lowest BCUT2D eigenvalue weighted by Crippen LogP contribution is -2.15. The van der Waals surface area contributed by atoms with Gasteiger partial charge in [0.05, 0.1) is 6.10 Å². The van der Waals surface area contributed by atoms with Crippen LogP contribution in [-0.4, -0.2) is 17.8 Å². The average molecular weight is 244 g/mol. The minimum Gasteiger partial charge on any atom is -0.392 e. The third-order valence-electron chi connectivity index (χ3n) is 1.86. The second kappa shape index (κ2) is 4.63. The van der Waals surface area contributed by atoms with Gasteiger partial charge in [0.25, 0.3) is 0 Å². The number of halogens is 1. The first kappa shape index (κ1) is 10.5. The first-order chi connectivity index (χ1) is 6.11. The van der Waals surface area contributed by atoms with E-state index in [1.54, 1.807) is 6.92 Å². The lowest BCUT2D eigenvalue weighted by molar-refractivity contribution is 0.208. The van der Waals surface area contributed by atoms with Gasteiger partial charge in [-0.25, -0.2) is 0 Å². The van der Waals surface area contributed by atoms with E-state index < -0.39 is 0 Å². The molecule has 0 aliphatic heterocycles. The Morgan fingerprint density at radius 3 is 2.85 bits per heavy atom. The largest absolute Gasteiger partial charge is 0.392 e. The smallest absolute Gasteiger partial charge is 0.0684 e. The van der Waals surface area contributed by atoms with Crippen molar-refractivity contribution < 1.29 is 5.11 Å². The number of hydrogen-bond acceptors (Lipinski definition) is 2. The van der Waals surface area contributed by atoms with Crippen molar-refractivity contribution in [1.82, 2.24) is 0 Å². The zero-order chi connectivity index (χ0) is 9.84. The molecule has 1 atom stereocenters. The van der Waals surface area contributed by atoms with Gasteiger partial charge in [0.2, 0.25) is 0 Å². The van der Waals surface area contributed by atoms with Crippen LogP contribution in [-0.2, 0) is 0 Å². The summed E-state index contributed by atoms with van der Waals surface area (Å²) in [7, 11) is 0. The predicted octanol–water partition coefficient (Wildman–Crippen LogP) is 2.55. The van der Waals surface area contributed by atoms with Crippen molar-refractivity contribution in [3.63, 3.8) is 0 Å². The molecule has 0 heterocycles. The van der Waals surface area contributed by atoms with Gasteiger partial charge >= 0.3 is 0 Å². The Kier molecular flexibility index (Phi) is 3.75. The van der Waals surface area contributed by atoms with Gasteiger partial charge in [-0.15, -0.1) is 0 Å². The number of benzene rings is 1. The van der Waals surface area contributed by atoms with Gasteiger partial charge < -0.3 is 10.4 Å². The lowest BCUT2D eigenvalue weighted by atomic mass is 10.2. The number of anilines is 1. The van der Waals surface area contributed by atoms with Gasteiger partial charge in [-0.3, -0.25) is 0 Å². The molecular weight excluding hydrogens is 230 g/mol. The molecule has 0 spiro atoms. The van der Waals surface area contributed by atoms with Crippen LogP contribution < -0.4 is 5.32 Å². The Bertz CT molecular complexity index is 286. The van der Waals surface area contributed by atoms with E-state index in [1.165, 1.54) is 5.56 Å². The molecule has 0 fully saturated rings. The molecule has 0 aromatic heterocycles. The molecule has 72 valence electrons. The van der Waals surface area contributed by atoms with E-state index >= 15 is 0 Å². The van der Waals surface area contributed by atoms with Crippen LogP contribution in [0, 0.1) is 6.92 Å². The number of rotatable bonds is 3. The van der Waals surface area contributed by atoms with Crippen LogP contribution in [0.25, 0.3) is 0 Å². The van der Waals surface area contributed by atoms with Crippen LogP contribution in [0.4, 0.5) is 5.69 Å². The second-order valence-electron chi connectivity index (χ2n) is 3.14. The van der Waals surface area contributed by atoms with Crippen LogP contribution in [0.5, 0.6) is 0 Å². The van der Waals surface area contributed by atoms with E-state index in [0.717, 1.165) is 10.2 Å². The number of hydrogen-bond donors (Lipinski definition) is 2. The van der Waals surface area contributed by atoms with Crippen molar-refractivity contribution >= 4 is 21.6 Å². The topological polar surface area (TPSA) is 32.3 Å². The number of aliphatic hydroxyl groups excluding tert-OH is 1. The highest BCUT2D eigenvalue weighted by Gasteiger charge is 2.01. The normalized spacial score (nSPS) is 12.6. The molecule has 2 N–H and O–H groups in total. The molecule has 1 aromatic carbocycles. The highest BCUT2D eigenvalue weighted by atomic mass is 79.9. The van der Waals surface area contributed by atoms with Crippen LogP contribution in [0.2, 0.25) is 0 Å². The molecule has 0 aliphatic carbocycles. The molecular formula is C10H14BrNO. The molecule has 0 aliphatic rings. The highest BCUT2D eigenvalue weighted by Crippen LogP contribution is 2.23. The van der Waals surface area contributed by atoms with E-state index in [-0.39, 0.29) is 6.10 Å². The van der Waals surface area contributed by atoms with E-state index in [2.05, 4.69) is 21.2 Å². The maximum Gasteiger partial charge on any atom is 0.0684 e. The molecule has 1 aromatic rings. The number of nitrogens with one attached hydrogen (secondary N) is 1. The minimum absolute atomic E-state index is 0.321. The third kappa shape index (κ3) is 3.01. The van der Waals surface area contributed by atoms with E-state index in [9.17, 15) is 0 Å². The Balaban J connectivity index is 2.71. The fraction of sp³-hybridized carbons (Fsp3) is 0.400. The van der Waals surface area contributed by atoms with Gasteiger partial charge in [0.1, 0.15) is 0 Å². The summed E-state index contributed by atoms with van der Waals surface area (Å²) in [5.41, 5.74) is 2.23. The Labute approximate surface area is 87.1 Å². The zero-order valence-corrected chi connectivity index (χ0v) is 9.43. The molecule has 0 radical (unpaired) electrons. The molecule has 0 saturated carbocycles. The molecule has 1 rings (SSSR count). The Morgan fingerprint density at radius 2 is 2.23 bits per heavy atom. The molecule has 0 amide bonds. The summed E-state index contributed by atoms with van der Waals surface area (Å²) in [5.74, 6) is 0. The molecule has 2 nitrogen and oxygen atoms in total. The van der Waals surface area contributed by atoms with Crippen molar-refractivity contribution in [1.29, 1.82) is 0 Å². The van der Waals surface area contributed by atoms with Gasteiger partial charge in [-0.05, 0) is 31.5 Å². The van der Waals surface area contributed by atoms with Gasteiger partial charge in [0.15, 0.2) is 0 Å². The van der Waals surface area contributed by atoms with Crippen molar-refractivity contribution in [2.75, 3.05) is 11.9 Å². The predicted molar refractivity (Wildman–Crippen MR) is 59.0 cm³/mol. The summed E-state index contributed by atoms with van der Waals surface area (Å²) in [6.45, 7) is 4.38. The lowest BCUT2D eigenvalue weighted by Gasteiger charge is -2.11.